The molecule has 2 fully saturated rings. The number of aromatic nitrogens is 1. The maximum atomic E-state index is 12.7. The number of nitrogens with zero attached hydrogens (tertiary/aromatic N) is 3. The fraction of sp³-hybridized carbons (Fsp3) is 0.706. The van der Waals surface area contributed by atoms with E-state index in [1.807, 2.05) is 4.90 Å². The quantitative estimate of drug-likeness (QED) is 0.838. The van der Waals surface area contributed by atoms with Crippen molar-refractivity contribution in [2.24, 2.45) is 5.92 Å². The van der Waals surface area contributed by atoms with Crippen molar-refractivity contribution in [3.05, 3.63) is 17.5 Å². The van der Waals surface area contributed by atoms with Crippen molar-refractivity contribution >= 4 is 11.8 Å². The van der Waals surface area contributed by atoms with E-state index in [2.05, 4.69) is 5.16 Å². The molecule has 0 N–H and O–H groups in total. The van der Waals surface area contributed by atoms with E-state index in [1.165, 1.54) is 19.3 Å². The third-order valence-electron chi connectivity index (χ3n) is 4.90. The molecule has 1 saturated carbocycles. The van der Waals surface area contributed by atoms with Crippen LogP contribution in [0.25, 0.3) is 0 Å². The first-order valence-electron chi connectivity index (χ1n) is 8.66. The van der Waals surface area contributed by atoms with Crippen molar-refractivity contribution in [1.29, 1.82) is 0 Å². The standard InChI is InChI=1S/C17H25N3O3/c1-13-12-15(18-23-13)17(22)20-9-5-8-19(10-11-20)16(21)14-6-3-2-4-7-14/h12,14H,2-11H2,1H3. The van der Waals surface area contributed by atoms with E-state index in [9.17, 15) is 9.59 Å². The molecule has 0 atom stereocenters. The van der Waals surface area contributed by atoms with Crippen molar-refractivity contribution in [3.8, 4) is 0 Å². The van der Waals surface area contributed by atoms with E-state index in [4.69, 9.17) is 4.52 Å². The van der Waals surface area contributed by atoms with Crippen molar-refractivity contribution in [3.63, 3.8) is 0 Å². The largest absolute Gasteiger partial charge is 0.361 e. The monoisotopic (exact) mass is 319 g/mol. The highest BCUT2D eigenvalue weighted by Crippen LogP contribution is 2.26. The van der Waals surface area contributed by atoms with Crippen LogP contribution >= 0.6 is 0 Å². The van der Waals surface area contributed by atoms with Gasteiger partial charge in [0, 0.05) is 38.2 Å². The van der Waals surface area contributed by atoms with E-state index >= 15 is 0 Å². The Bertz CT molecular complexity index is 563. The summed E-state index contributed by atoms with van der Waals surface area (Å²) in [4.78, 5) is 28.8. The van der Waals surface area contributed by atoms with Gasteiger partial charge in [0.2, 0.25) is 5.91 Å². The van der Waals surface area contributed by atoms with Gasteiger partial charge in [0.05, 0.1) is 0 Å². The van der Waals surface area contributed by atoms with Crippen LogP contribution in [0, 0.1) is 12.8 Å². The van der Waals surface area contributed by atoms with Crippen LogP contribution in [0.15, 0.2) is 10.6 Å². The molecule has 1 aliphatic carbocycles. The molecule has 3 rings (SSSR count). The second kappa shape index (κ2) is 7.15. The lowest BCUT2D eigenvalue weighted by Gasteiger charge is -2.28. The highest BCUT2D eigenvalue weighted by atomic mass is 16.5. The molecule has 1 aliphatic heterocycles. The Labute approximate surface area is 136 Å². The molecule has 1 saturated heterocycles. The lowest BCUT2D eigenvalue weighted by atomic mass is 9.88. The third kappa shape index (κ3) is 3.74. The van der Waals surface area contributed by atoms with Gasteiger partial charge in [-0.05, 0) is 26.2 Å². The molecule has 6 nitrogen and oxygen atoms in total. The summed E-state index contributed by atoms with van der Waals surface area (Å²) < 4.78 is 4.98. The number of rotatable bonds is 2. The lowest BCUT2D eigenvalue weighted by Crippen LogP contribution is -2.40. The predicted molar refractivity (Wildman–Crippen MR) is 84.9 cm³/mol. The van der Waals surface area contributed by atoms with Gasteiger partial charge >= 0.3 is 0 Å². The molecule has 0 unspecified atom stereocenters. The second-order valence-corrected chi connectivity index (χ2v) is 6.63. The molecule has 0 bridgehead atoms. The molecule has 23 heavy (non-hydrogen) atoms. The number of hydrogen-bond acceptors (Lipinski definition) is 4. The Morgan fingerprint density at radius 1 is 1.04 bits per heavy atom. The van der Waals surface area contributed by atoms with Crippen LogP contribution in [0.5, 0.6) is 0 Å². The minimum Gasteiger partial charge on any atom is -0.361 e. The Morgan fingerprint density at radius 2 is 1.74 bits per heavy atom. The van der Waals surface area contributed by atoms with Gasteiger partial charge in [-0.3, -0.25) is 9.59 Å². The van der Waals surface area contributed by atoms with Crippen LogP contribution in [0.2, 0.25) is 0 Å². The summed E-state index contributed by atoms with van der Waals surface area (Å²) in [6.07, 6.45) is 6.46. The van der Waals surface area contributed by atoms with Gasteiger partial charge < -0.3 is 14.3 Å². The summed E-state index contributed by atoms with van der Waals surface area (Å²) in [5.41, 5.74) is 0.356. The van der Waals surface area contributed by atoms with Gasteiger partial charge in [-0.15, -0.1) is 0 Å². The molecule has 2 heterocycles. The Balaban J connectivity index is 1.58. The van der Waals surface area contributed by atoms with Crippen LogP contribution in [0.1, 0.15) is 54.8 Å². The molecule has 6 heteroatoms. The first-order valence-corrected chi connectivity index (χ1v) is 8.66. The van der Waals surface area contributed by atoms with E-state index in [0.29, 0.717) is 31.1 Å². The van der Waals surface area contributed by atoms with E-state index in [0.717, 1.165) is 25.8 Å². The Hall–Kier alpha value is -1.85. The van der Waals surface area contributed by atoms with Gasteiger partial charge in [0.15, 0.2) is 5.69 Å². The summed E-state index contributed by atoms with van der Waals surface area (Å²) in [5.74, 6) is 1.02. The van der Waals surface area contributed by atoms with Gasteiger partial charge in [0.1, 0.15) is 5.76 Å². The van der Waals surface area contributed by atoms with Gasteiger partial charge in [-0.2, -0.15) is 0 Å². The first kappa shape index (κ1) is 16.0. The normalized spacial score (nSPS) is 20.4. The Kier molecular flexibility index (Phi) is 4.98. The topological polar surface area (TPSA) is 66.7 Å². The predicted octanol–water partition coefficient (Wildman–Crippen LogP) is 2.24. The first-order chi connectivity index (χ1) is 11.1. The summed E-state index contributed by atoms with van der Waals surface area (Å²) in [5, 5.41) is 3.80. The molecule has 0 spiro atoms. The third-order valence-corrected chi connectivity index (χ3v) is 4.90. The number of aryl methyl sites for hydroxylation is 1. The molecule has 1 aromatic rings. The second-order valence-electron chi connectivity index (χ2n) is 6.63. The molecule has 1 aromatic heterocycles. The van der Waals surface area contributed by atoms with Gasteiger partial charge in [0.25, 0.3) is 5.91 Å². The van der Waals surface area contributed by atoms with E-state index < -0.39 is 0 Å². The lowest BCUT2D eigenvalue weighted by molar-refractivity contribution is -0.136. The van der Waals surface area contributed by atoms with Crippen molar-refractivity contribution in [2.45, 2.75) is 45.4 Å². The zero-order valence-corrected chi connectivity index (χ0v) is 13.8. The molecular formula is C17H25N3O3. The smallest absolute Gasteiger partial charge is 0.276 e. The number of carbonyl (C=O) groups excluding carboxylic acids is 2. The molecule has 126 valence electrons. The van der Waals surface area contributed by atoms with Crippen LogP contribution < -0.4 is 0 Å². The van der Waals surface area contributed by atoms with Crippen LogP contribution in [-0.2, 0) is 4.79 Å². The average molecular weight is 319 g/mol. The fourth-order valence-corrected chi connectivity index (χ4v) is 3.58. The van der Waals surface area contributed by atoms with Crippen LogP contribution in [0.3, 0.4) is 0 Å². The molecule has 0 aromatic carbocycles. The number of carbonyl (C=O) groups is 2. The minimum atomic E-state index is -0.103. The summed E-state index contributed by atoms with van der Waals surface area (Å²) >= 11 is 0. The summed E-state index contributed by atoms with van der Waals surface area (Å²) in [6.45, 7) is 4.38. The molecule has 0 radical (unpaired) electrons. The number of amides is 2. The summed E-state index contributed by atoms with van der Waals surface area (Å²) in [6, 6.07) is 1.66. The SMILES string of the molecule is Cc1cc(C(=O)N2CCCN(C(=O)C3CCCCC3)CC2)no1. The van der Waals surface area contributed by atoms with Crippen molar-refractivity contribution in [1.82, 2.24) is 15.0 Å². The van der Waals surface area contributed by atoms with Gasteiger partial charge in [-0.25, -0.2) is 0 Å². The average Bonchev–Trinajstić information content (AvgIpc) is 2.87. The molecule has 2 aliphatic rings. The van der Waals surface area contributed by atoms with Crippen molar-refractivity contribution < 1.29 is 14.1 Å². The minimum absolute atomic E-state index is 0.103. The summed E-state index contributed by atoms with van der Waals surface area (Å²) in [7, 11) is 0. The maximum Gasteiger partial charge on any atom is 0.276 e. The zero-order valence-electron chi connectivity index (χ0n) is 13.8. The number of hydrogen-bond donors (Lipinski definition) is 0. The van der Waals surface area contributed by atoms with Crippen LogP contribution in [-0.4, -0.2) is 52.9 Å². The zero-order chi connectivity index (χ0) is 16.2. The van der Waals surface area contributed by atoms with Crippen molar-refractivity contribution in [2.75, 3.05) is 26.2 Å². The van der Waals surface area contributed by atoms with Gasteiger partial charge in [-0.1, -0.05) is 24.4 Å². The van der Waals surface area contributed by atoms with E-state index in [1.54, 1.807) is 17.9 Å². The highest BCUT2D eigenvalue weighted by Gasteiger charge is 2.29. The molecule has 2 amide bonds. The molecular weight excluding hydrogens is 294 g/mol. The Morgan fingerprint density at radius 3 is 2.43 bits per heavy atom. The van der Waals surface area contributed by atoms with Crippen LogP contribution in [0.4, 0.5) is 0 Å². The van der Waals surface area contributed by atoms with E-state index in [-0.39, 0.29) is 17.7 Å². The maximum absolute atomic E-state index is 12.7. The highest BCUT2D eigenvalue weighted by molar-refractivity contribution is 5.92. The fourth-order valence-electron chi connectivity index (χ4n) is 3.58.